The van der Waals surface area contributed by atoms with E-state index in [9.17, 15) is 4.79 Å². The van der Waals surface area contributed by atoms with Crippen LogP contribution in [0.2, 0.25) is 0 Å². The summed E-state index contributed by atoms with van der Waals surface area (Å²) in [6.45, 7) is 4.14. The van der Waals surface area contributed by atoms with Crippen molar-refractivity contribution in [3.8, 4) is 0 Å². The average Bonchev–Trinajstić information content (AvgIpc) is 2.25. The molecule has 16 heavy (non-hydrogen) atoms. The van der Waals surface area contributed by atoms with Gasteiger partial charge in [0.15, 0.2) is 0 Å². The largest absolute Gasteiger partial charge is 0.466 e. The Kier molecular flexibility index (Phi) is 4.80. The zero-order valence-electron chi connectivity index (χ0n) is 9.50. The zero-order valence-corrected chi connectivity index (χ0v) is 11.1. The molecule has 0 aromatic heterocycles. The van der Waals surface area contributed by atoms with E-state index in [0.29, 0.717) is 18.7 Å². The summed E-state index contributed by atoms with van der Waals surface area (Å²) in [5, 5.41) is 0. The van der Waals surface area contributed by atoms with E-state index in [0.717, 1.165) is 10.0 Å². The highest BCUT2D eigenvalue weighted by Crippen LogP contribution is 2.31. The summed E-state index contributed by atoms with van der Waals surface area (Å²) in [6, 6.07) is 5.60. The molecule has 0 spiro atoms. The monoisotopic (exact) mass is 285 g/mol. The van der Waals surface area contributed by atoms with Gasteiger partial charge in [-0.1, -0.05) is 19.1 Å². The molecule has 1 aromatic carbocycles. The number of anilines is 1. The molecule has 0 bridgehead atoms. The second kappa shape index (κ2) is 5.89. The van der Waals surface area contributed by atoms with Crippen molar-refractivity contribution in [2.75, 3.05) is 12.3 Å². The predicted molar refractivity (Wildman–Crippen MR) is 68.2 cm³/mol. The van der Waals surface area contributed by atoms with E-state index in [1.807, 2.05) is 25.1 Å². The molecule has 0 saturated carbocycles. The molecular formula is C12H16BrNO2. The maximum absolute atomic E-state index is 11.7. The molecule has 0 saturated heterocycles. The smallest absolute Gasteiger partial charge is 0.313 e. The van der Waals surface area contributed by atoms with Crippen molar-refractivity contribution < 1.29 is 9.53 Å². The van der Waals surface area contributed by atoms with Crippen molar-refractivity contribution in [3.05, 3.63) is 28.2 Å². The van der Waals surface area contributed by atoms with E-state index in [2.05, 4.69) is 15.9 Å². The van der Waals surface area contributed by atoms with Gasteiger partial charge in [-0.2, -0.15) is 0 Å². The van der Waals surface area contributed by atoms with Crippen molar-refractivity contribution in [1.29, 1.82) is 0 Å². The maximum atomic E-state index is 11.7. The van der Waals surface area contributed by atoms with Gasteiger partial charge in [0.05, 0.1) is 12.5 Å². The summed E-state index contributed by atoms with van der Waals surface area (Å²) in [5.74, 6) is -0.493. The van der Waals surface area contributed by atoms with Crippen LogP contribution in [0.5, 0.6) is 0 Å². The first kappa shape index (κ1) is 13.0. The Bertz CT molecular complexity index is 379. The highest BCUT2D eigenvalue weighted by molar-refractivity contribution is 9.10. The molecule has 1 unspecified atom stereocenters. The number of ether oxygens (including phenoxy) is 1. The van der Waals surface area contributed by atoms with Gasteiger partial charge in [0.1, 0.15) is 0 Å². The van der Waals surface area contributed by atoms with Crippen molar-refractivity contribution in [3.63, 3.8) is 0 Å². The van der Waals surface area contributed by atoms with E-state index in [-0.39, 0.29) is 11.9 Å². The summed E-state index contributed by atoms with van der Waals surface area (Å²) >= 11 is 3.35. The molecule has 0 aliphatic carbocycles. The zero-order chi connectivity index (χ0) is 12.1. The van der Waals surface area contributed by atoms with Crippen LogP contribution < -0.4 is 5.73 Å². The number of halogens is 1. The Labute approximate surface area is 104 Å². The van der Waals surface area contributed by atoms with Crippen LogP contribution in [0, 0.1) is 0 Å². The lowest BCUT2D eigenvalue weighted by molar-refractivity contribution is -0.145. The first-order valence-electron chi connectivity index (χ1n) is 5.32. The second-order valence-electron chi connectivity index (χ2n) is 3.46. The summed E-state index contributed by atoms with van der Waals surface area (Å²) < 4.78 is 5.85. The van der Waals surface area contributed by atoms with Gasteiger partial charge < -0.3 is 10.5 Å². The minimum Gasteiger partial charge on any atom is -0.466 e. The lowest BCUT2D eigenvalue weighted by Crippen LogP contribution is -2.16. The molecule has 0 fully saturated rings. The quantitative estimate of drug-likeness (QED) is 0.683. The van der Waals surface area contributed by atoms with Gasteiger partial charge in [0.2, 0.25) is 0 Å². The van der Waals surface area contributed by atoms with Gasteiger partial charge in [-0.3, -0.25) is 4.79 Å². The third-order valence-electron chi connectivity index (χ3n) is 2.44. The average molecular weight is 286 g/mol. The lowest BCUT2D eigenvalue weighted by atomic mass is 9.95. The van der Waals surface area contributed by atoms with Crippen LogP contribution in [0.25, 0.3) is 0 Å². The topological polar surface area (TPSA) is 52.3 Å². The first-order chi connectivity index (χ1) is 7.61. The summed E-state index contributed by atoms with van der Waals surface area (Å²) in [5.41, 5.74) is 7.38. The SMILES string of the molecule is CCOC(=O)C(CC)c1cccc(Br)c1N. The molecule has 88 valence electrons. The summed E-state index contributed by atoms with van der Waals surface area (Å²) in [6.07, 6.45) is 0.680. The van der Waals surface area contributed by atoms with Gasteiger partial charge in [-0.05, 0) is 40.9 Å². The van der Waals surface area contributed by atoms with Crippen LogP contribution in [0.3, 0.4) is 0 Å². The van der Waals surface area contributed by atoms with E-state index >= 15 is 0 Å². The van der Waals surface area contributed by atoms with E-state index in [1.54, 1.807) is 6.92 Å². The van der Waals surface area contributed by atoms with E-state index in [1.165, 1.54) is 0 Å². The van der Waals surface area contributed by atoms with Crippen molar-refractivity contribution in [1.82, 2.24) is 0 Å². The Balaban J connectivity index is 3.04. The second-order valence-corrected chi connectivity index (χ2v) is 4.31. The summed E-state index contributed by atoms with van der Waals surface area (Å²) in [4.78, 5) is 11.7. The normalized spacial score (nSPS) is 12.2. The van der Waals surface area contributed by atoms with Crippen molar-refractivity contribution >= 4 is 27.6 Å². The molecule has 0 aliphatic heterocycles. The number of rotatable bonds is 4. The molecule has 0 amide bonds. The minimum atomic E-state index is -0.280. The van der Waals surface area contributed by atoms with Gasteiger partial charge in [-0.25, -0.2) is 0 Å². The highest BCUT2D eigenvalue weighted by atomic mass is 79.9. The van der Waals surface area contributed by atoms with Gasteiger partial charge >= 0.3 is 5.97 Å². The molecule has 2 N–H and O–H groups in total. The number of benzene rings is 1. The molecule has 1 atom stereocenters. The fourth-order valence-corrected chi connectivity index (χ4v) is 2.00. The molecule has 1 aromatic rings. The first-order valence-corrected chi connectivity index (χ1v) is 6.11. The minimum absolute atomic E-state index is 0.213. The number of carbonyl (C=O) groups is 1. The number of hydrogen-bond acceptors (Lipinski definition) is 3. The molecular weight excluding hydrogens is 270 g/mol. The van der Waals surface area contributed by atoms with Crippen LogP contribution in [0.1, 0.15) is 31.7 Å². The van der Waals surface area contributed by atoms with Gasteiger partial charge in [-0.15, -0.1) is 0 Å². The lowest BCUT2D eigenvalue weighted by Gasteiger charge is -2.16. The fourth-order valence-electron chi connectivity index (χ4n) is 1.61. The Hall–Kier alpha value is -1.03. The predicted octanol–water partition coefficient (Wildman–Crippen LogP) is 3.09. The molecule has 1 rings (SSSR count). The molecule has 0 aliphatic rings. The maximum Gasteiger partial charge on any atom is 0.313 e. The third-order valence-corrected chi connectivity index (χ3v) is 3.13. The van der Waals surface area contributed by atoms with Crippen LogP contribution in [0.4, 0.5) is 5.69 Å². The Morgan fingerprint density at radius 1 is 1.50 bits per heavy atom. The van der Waals surface area contributed by atoms with Gasteiger partial charge in [0, 0.05) is 10.2 Å². The number of para-hydroxylation sites is 1. The van der Waals surface area contributed by atoms with Crippen LogP contribution >= 0.6 is 15.9 Å². The highest BCUT2D eigenvalue weighted by Gasteiger charge is 2.22. The molecule has 0 radical (unpaired) electrons. The Morgan fingerprint density at radius 3 is 2.75 bits per heavy atom. The number of carbonyl (C=O) groups excluding carboxylic acids is 1. The van der Waals surface area contributed by atoms with Crippen LogP contribution in [-0.2, 0) is 9.53 Å². The Morgan fingerprint density at radius 2 is 2.19 bits per heavy atom. The number of esters is 1. The number of hydrogen-bond donors (Lipinski definition) is 1. The molecule has 0 heterocycles. The van der Waals surface area contributed by atoms with E-state index in [4.69, 9.17) is 10.5 Å². The molecule has 3 nitrogen and oxygen atoms in total. The molecule has 4 heteroatoms. The van der Waals surface area contributed by atoms with Crippen LogP contribution in [-0.4, -0.2) is 12.6 Å². The number of nitrogens with two attached hydrogens (primary N) is 1. The van der Waals surface area contributed by atoms with Crippen molar-refractivity contribution in [2.24, 2.45) is 0 Å². The number of nitrogen functional groups attached to an aromatic ring is 1. The fraction of sp³-hybridized carbons (Fsp3) is 0.417. The van der Waals surface area contributed by atoms with Crippen LogP contribution in [0.15, 0.2) is 22.7 Å². The third kappa shape index (κ3) is 2.76. The summed E-state index contributed by atoms with van der Waals surface area (Å²) in [7, 11) is 0. The standard InChI is InChI=1S/C12H16BrNO2/c1-3-8(12(15)16-4-2)9-6-5-7-10(13)11(9)14/h5-8H,3-4,14H2,1-2H3. The van der Waals surface area contributed by atoms with Crippen molar-refractivity contribution in [2.45, 2.75) is 26.2 Å². The van der Waals surface area contributed by atoms with E-state index < -0.39 is 0 Å². The van der Waals surface area contributed by atoms with Gasteiger partial charge in [0.25, 0.3) is 0 Å².